The van der Waals surface area contributed by atoms with Crippen molar-refractivity contribution in [3.63, 3.8) is 0 Å². The number of aromatic nitrogens is 2. The van der Waals surface area contributed by atoms with Gasteiger partial charge in [0.25, 0.3) is 5.91 Å². The number of benzene rings is 3. The minimum atomic E-state index is -0.125. The fourth-order valence-corrected chi connectivity index (χ4v) is 4.21. The van der Waals surface area contributed by atoms with Gasteiger partial charge >= 0.3 is 0 Å². The summed E-state index contributed by atoms with van der Waals surface area (Å²) in [5.41, 5.74) is 5.03. The molecule has 3 aromatic carbocycles. The zero-order valence-electron chi connectivity index (χ0n) is 20.7. The second kappa shape index (κ2) is 11.6. The van der Waals surface area contributed by atoms with Gasteiger partial charge in [0.2, 0.25) is 0 Å². The molecule has 0 spiro atoms. The topological polar surface area (TPSA) is 65.4 Å². The molecule has 4 aromatic rings. The summed E-state index contributed by atoms with van der Waals surface area (Å²) in [6.45, 7) is 6.19. The number of hydrogen-bond acceptors (Lipinski definition) is 4. The summed E-state index contributed by atoms with van der Waals surface area (Å²) >= 11 is 0. The van der Waals surface area contributed by atoms with Crippen molar-refractivity contribution in [1.82, 2.24) is 14.9 Å². The molecule has 1 heterocycles. The summed E-state index contributed by atoms with van der Waals surface area (Å²) in [5, 5.41) is 3.00. The maximum absolute atomic E-state index is 12.6. The summed E-state index contributed by atoms with van der Waals surface area (Å²) in [7, 11) is 1.57. The molecule has 0 saturated carbocycles. The lowest BCUT2D eigenvalue weighted by Gasteiger charge is -2.12. The summed E-state index contributed by atoms with van der Waals surface area (Å²) in [6, 6.07) is 21.8. The number of imidazole rings is 1. The van der Waals surface area contributed by atoms with Crippen LogP contribution in [0.25, 0.3) is 11.0 Å². The molecule has 0 aliphatic rings. The van der Waals surface area contributed by atoms with Gasteiger partial charge in [-0.2, -0.15) is 0 Å². The van der Waals surface area contributed by atoms with Crippen LogP contribution in [0.4, 0.5) is 0 Å². The number of amides is 1. The number of para-hydroxylation sites is 3. The average molecular weight is 472 g/mol. The van der Waals surface area contributed by atoms with E-state index < -0.39 is 0 Å². The van der Waals surface area contributed by atoms with Gasteiger partial charge in [0, 0.05) is 19.5 Å². The number of carbonyl (C=O) groups is 1. The molecule has 1 aromatic heterocycles. The Hall–Kier alpha value is -3.80. The van der Waals surface area contributed by atoms with E-state index in [9.17, 15) is 4.79 Å². The first kappa shape index (κ1) is 24.3. The van der Waals surface area contributed by atoms with Gasteiger partial charge in [-0.25, -0.2) is 4.98 Å². The molecule has 0 saturated heterocycles. The van der Waals surface area contributed by atoms with E-state index in [2.05, 4.69) is 48.0 Å². The van der Waals surface area contributed by atoms with E-state index in [-0.39, 0.29) is 5.91 Å². The van der Waals surface area contributed by atoms with Crippen molar-refractivity contribution in [3.8, 4) is 11.5 Å². The van der Waals surface area contributed by atoms with Crippen LogP contribution in [0.1, 0.15) is 40.2 Å². The van der Waals surface area contributed by atoms with Gasteiger partial charge in [-0.1, -0.05) is 36.4 Å². The molecule has 1 amide bonds. The number of methoxy groups -OCH3 is 1. The lowest BCUT2D eigenvalue weighted by atomic mass is 10.1. The fourth-order valence-electron chi connectivity index (χ4n) is 4.21. The Labute approximate surface area is 206 Å². The highest BCUT2D eigenvalue weighted by atomic mass is 16.5. The van der Waals surface area contributed by atoms with Gasteiger partial charge in [-0.05, 0) is 68.1 Å². The van der Waals surface area contributed by atoms with Gasteiger partial charge in [0.1, 0.15) is 17.3 Å². The Morgan fingerprint density at radius 2 is 1.77 bits per heavy atom. The largest absolute Gasteiger partial charge is 0.496 e. The number of carbonyl (C=O) groups excluding carboxylic acids is 1. The first-order valence-corrected chi connectivity index (χ1v) is 12.1. The second-order valence-corrected chi connectivity index (χ2v) is 8.70. The van der Waals surface area contributed by atoms with E-state index >= 15 is 0 Å². The van der Waals surface area contributed by atoms with Crippen LogP contribution in [0.2, 0.25) is 0 Å². The Morgan fingerprint density at radius 3 is 2.63 bits per heavy atom. The Balaban J connectivity index is 1.35. The molecule has 6 heteroatoms. The van der Waals surface area contributed by atoms with Crippen molar-refractivity contribution in [1.29, 1.82) is 0 Å². The molecule has 0 unspecified atom stereocenters. The number of nitrogens with zero attached hydrogens (tertiary/aromatic N) is 2. The molecular weight excluding hydrogens is 438 g/mol. The van der Waals surface area contributed by atoms with Crippen molar-refractivity contribution in [2.75, 3.05) is 20.3 Å². The molecule has 35 heavy (non-hydrogen) atoms. The molecule has 0 bridgehead atoms. The van der Waals surface area contributed by atoms with Crippen LogP contribution in [-0.4, -0.2) is 35.7 Å². The normalized spacial score (nSPS) is 10.9. The number of rotatable bonds is 11. The van der Waals surface area contributed by atoms with Crippen molar-refractivity contribution in [3.05, 3.63) is 89.2 Å². The van der Waals surface area contributed by atoms with E-state index in [1.807, 2.05) is 30.3 Å². The highest BCUT2D eigenvalue weighted by molar-refractivity contribution is 5.96. The summed E-state index contributed by atoms with van der Waals surface area (Å²) in [5.74, 6) is 2.44. The minimum absolute atomic E-state index is 0.125. The third-order valence-corrected chi connectivity index (χ3v) is 6.08. The molecule has 1 N–H and O–H groups in total. The zero-order valence-corrected chi connectivity index (χ0v) is 20.7. The van der Waals surface area contributed by atoms with Crippen LogP contribution in [0.5, 0.6) is 11.5 Å². The highest BCUT2D eigenvalue weighted by Crippen LogP contribution is 2.21. The first-order chi connectivity index (χ1) is 17.1. The van der Waals surface area contributed by atoms with Crippen LogP contribution >= 0.6 is 0 Å². The van der Waals surface area contributed by atoms with E-state index in [4.69, 9.17) is 14.5 Å². The summed E-state index contributed by atoms with van der Waals surface area (Å²) in [6.07, 6.45) is 2.45. The van der Waals surface area contributed by atoms with Gasteiger partial charge in [0.15, 0.2) is 0 Å². The highest BCUT2D eigenvalue weighted by Gasteiger charge is 2.13. The van der Waals surface area contributed by atoms with Gasteiger partial charge < -0.3 is 19.4 Å². The standard InChI is InChI=1S/C29H33N3O3/c1-21-15-16-22(2)27(20-21)35-19-9-18-32-25-12-6-5-11-24(25)31-28(32)14-8-17-30-29(33)23-10-4-7-13-26(23)34-3/h4-7,10-13,15-16,20H,8-9,14,17-19H2,1-3H3,(H,30,33). The molecule has 6 nitrogen and oxygen atoms in total. The first-order valence-electron chi connectivity index (χ1n) is 12.1. The second-order valence-electron chi connectivity index (χ2n) is 8.70. The predicted octanol–water partition coefficient (Wildman–Crippen LogP) is 5.49. The van der Waals surface area contributed by atoms with Crippen LogP contribution in [0.3, 0.4) is 0 Å². The third kappa shape index (κ3) is 6.01. The SMILES string of the molecule is COc1ccccc1C(=O)NCCCc1nc2ccccc2n1CCCOc1cc(C)ccc1C. The molecule has 4 rings (SSSR count). The molecule has 182 valence electrons. The van der Waals surface area contributed by atoms with Gasteiger partial charge in [-0.15, -0.1) is 0 Å². The van der Waals surface area contributed by atoms with Crippen LogP contribution in [0.15, 0.2) is 66.7 Å². The molecule has 0 fully saturated rings. The maximum Gasteiger partial charge on any atom is 0.255 e. The molecule has 0 radical (unpaired) electrons. The van der Waals surface area contributed by atoms with Crippen molar-refractivity contribution in [2.24, 2.45) is 0 Å². The van der Waals surface area contributed by atoms with E-state index in [0.29, 0.717) is 24.5 Å². The summed E-state index contributed by atoms with van der Waals surface area (Å²) in [4.78, 5) is 17.4. The lowest BCUT2D eigenvalue weighted by molar-refractivity contribution is 0.0950. The van der Waals surface area contributed by atoms with Crippen molar-refractivity contribution >= 4 is 16.9 Å². The molecule has 0 aliphatic heterocycles. The average Bonchev–Trinajstić information content (AvgIpc) is 3.23. The maximum atomic E-state index is 12.6. The number of aryl methyl sites for hydroxylation is 4. The molecule has 0 atom stereocenters. The van der Waals surface area contributed by atoms with E-state index in [1.165, 1.54) is 5.56 Å². The van der Waals surface area contributed by atoms with Crippen LogP contribution < -0.4 is 14.8 Å². The molecule has 0 aliphatic carbocycles. The monoisotopic (exact) mass is 471 g/mol. The molecular formula is C29H33N3O3. The van der Waals surface area contributed by atoms with Crippen LogP contribution in [-0.2, 0) is 13.0 Å². The Kier molecular flexibility index (Phi) is 8.03. The van der Waals surface area contributed by atoms with Gasteiger partial charge in [0.05, 0.1) is 30.3 Å². The fraction of sp³-hybridized carbons (Fsp3) is 0.310. The van der Waals surface area contributed by atoms with Gasteiger partial charge in [-0.3, -0.25) is 4.79 Å². The lowest BCUT2D eigenvalue weighted by Crippen LogP contribution is -2.25. The number of fused-ring (bicyclic) bond motifs is 1. The quantitative estimate of drug-likeness (QED) is 0.294. The van der Waals surface area contributed by atoms with Crippen molar-refractivity contribution < 1.29 is 14.3 Å². The smallest absolute Gasteiger partial charge is 0.255 e. The Bertz CT molecular complexity index is 1300. The minimum Gasteiger partial charge on any atom is -0.496 e. The predicted molar refractivity (Wildman–Crippen MR) is 139 cm³/mol. The third-order valence-electron chi connectivity index (χ3n) is 6.08. The van der Waals surface area contributed by atoms with E-state index in [0.717, 1.165) is 54.0 Å². The van der Waals surface area contributed by atoms with Crippen LogP contribution in [0, 0.1) is 13.8 Å². The summed E-state index contributed by atoms with van der Waals surface area (Å²) < 4.78 is 13.6. The Morgan fingerprint density at radius 1 is 0.971 bits per heavy atom. The van der Waals surface area contributed by atoms with Crippen molar-refractivity contribution in [2.45, 2.75) is 39.7 Å². The zero-order chi connectivity index (χ0) is 24.6. The number of nitrogens with one attached hydrogen (secondary N) is 1. The number of ether oxygens (including phenoxy) is 2. The van der Waals surface area contributed by atoms with E-state index in [1.54, 1.807) is 19.2 Å². The number of hydrogen-bond donors (Lipinski definition) is 1.